The highest BCUT2D eigenvalue weighted by molar-refractivity contribution is 6.01. The summed E-state index contributed by atoms with van der Waals surface area (Å²) in [5.41, 5.74) is 5.69. The molecule has 1 unspecified atom stereocenters. The number of methoxy groups -OCH3 is 1. The number of hydrogen-bond acceptors (Lipinski definition) is 5. The number of benzene rings is 1. The Bertz CT molecular complexity index is 806. The van der Waals surface area contributed by atoms with Gasteiger partial charge in [-0.3, -0.25) is 9.59 Å². The summed E-state index contributed by atoms with van der Waals surface area (Å²) in [5.74, 6) is 0.273. The molecule has 0 spiro atoms. The maximum atomic E-state index is 11.5. The van der Waals surface area contributed by atoms with Crippen molar-refractivity contribution in [2.75, 3.05) is 7.11 Å². The predicted molar refractivity (Wildman–Crippen MR) is 88.1 cm³/mol. The lowest BCUT2D eigenvalue weighted by Gasteiger charge is -2.21. The Morgan fingerprint density at radius 1 is 1.46 bits per heavy atom. The molecule has 126 valence electrons. The van der Waals surface area contributed by atoms with Crippen LogP contribution in [0.4, 0.5) is 0 Å². The molecule has 1 aromatic carbocycles. The van der Waals surface area contributed by atoms with E-state index in [9.17, 15) is 9.59 Å². The molecule has 1 fully saturated rings. The number of fused-ring (bicyclic) bond motifs is 1. The molecule has 2 heterocycles. The summed E-state index contributed by atoms with van der Waals surface area (Å²) in [6.45, 7) is 1.89. The Morgan fingerprint density at radius 2 is 2.25 bits per heavy atom. The van der Waals surface area contributed by atoms with E-state index in [4.69, 9.17) is 15.2 Å². The largest absolute Gasteiger partial charge is 0.496 e. The Morgan fingerprint density at radius 3 is 2.88 bits per heavy atom. The van der Waals surface area contributed by atoms with Gasteiger partial charge in [-0.2, -0.15) is 0 Å². The number of primary amides is 1. The number of ether oxygens (including phenoxy) is 2. The second-order valence-corrected chi connectivity index (χ2v) is 5.79. The van der Waals surface area contributed by atoms with Crippen molar-refractivity contribution in [2.45, 2.75) is 31.9 Å². The molecule has 0 radical (unpaired) electrons. The van der Waals surface area contributed by atoms with Gasteiger partial charge >= 0.3 is 0 Å². The summed E-state index contributed by atoms with van der Waals surface area (Å²) in [6.07, 6.45) is 2.63. The van der Waals surface area contributed by atoms with E-state index < -0.39 is 5.91 Å². The van der Waals surface area contributed by atoms with Crippen molar-refractivity contribution in [3.05, 3.63) is 30.0 Å². The van der Waals surface area contributed by atoms with E-state index in [1.54, 1.807) is 24.4 Å². The molecule has 1 aromatic heterocycles. The maximum absolute atomic E-state index is 11.5. The van der Waals surface area contributed by atoms with Crippen LogP contribution in [0.5, 0.6) is 11.6 Å². The van der Waals surface area contributed by atoms with Gasteiger partial charge in [0.1, 0.15) is 11.9 Å². The number of carbonyl (C=O) groups excluding carboxylic acids is 2. The van der Waals surface area contributed by atoms with E-state index in [0.29, 0.717) is 23.6 Å². The molecule has 24 heavy (non-hydrogen) atoms. The van der Waals surface area contributed by atoms with Crippen LogP contribution < -0.4 is 20.5 Å². The van der Waals surface area contributed by atoms with Crippen molar-refractivity contribution in [1.82, 2.24) is 10.3 Å². The molecule has 0 bridgehead atoms. The van der Waals surface area contributed by atoms with Crippen molar-refractivity contribution in [3.63, 3.8) is 0 Å². The van der Waals surface area contributed by atoms with Gasteiger partial charge in [0, 0.05) is 18.0 Å². The van der Waals surface area contributed by atoms with Crippen LogP contribution >= 0.6 is 0 Å². The molecule has 1 aliphatic heterocycles. The molecule has 1 saturated heterocycles. The van der Waals surface area contributed by atoms with Crippen LogP contribution in [0.3, 0.4) is 0 Å². The highest BCUT2D eigenvalue weighted by Crippen LogP contribution is 2.31. The maximum Gasteiger partial charge on any atom is 0.252 e. The Balaban J connectivity index is 1.96. The lowest BCUT2D eigenvalue weighted by molar-refractivity contribution is -0.119. The van der Waals surface area contributed by atoms with E-state index in [1.807, 2.05) is 6.92 Å². The number of pyridine rings is 1. The third-order valence-electron chi connectivity index (χ3n) is 4.21. The highest BCUT2D eigenvalue weighted by atomic mass is 16.5. The van der Waals surface area contributed by atoms with Crippen LogP contribution in [-0.4, -0.2) is 36.1 Å². The minimum Gasteiger partial charge on any atom is -0.496 e. The quantitative estimate of drug-likeness (QED) is 0.862. The number of aromatic nitrogens is 1. The number of nitrogens with zero attached hydrogens (tertiary/aromatic N) is 1. The first-order valence-electron chi connectivity index (χ1n) is 7.72. The fourth-order valence-electron chi connectivity index (χ4n) is 2.88. The number of rotatable bonds is 5. The number of amides is 2. The highest BCUT2D eigenvalue weighted by Gasteiger charge is 2.28. The van der Waals surface area contributed by atoms with E-state index in [1.165, 1.54) is 7.11 Å². The van der Waals surface area contributed by atoms with Crippen molar-refractivity contribution < 1.29 is 19.1 Å². The zero-order chi connectivity index (χ0) is 17.3. The number of hydrogen-bond donors (Lipinski definition) is 2. The third-order valence-corrected chi connectivity index (χ3v) is 4.21. The second-order valence-electron chi connectivity index (χ2n) is 5.79. The van der Waals surface area contributed by atoms with Gasteiger partial charge in [0.2, 0.25) is 11.8 Å². The van der Waals surface area contributed by atoms with Crippen LogP contribution in [0.2, 0.25) is 0 Å². The van der Waals surface area contributed by atoms with Crippen LogP contribution in [-0.2, 0) is 4.79 Å². The summed E-state index contributed by atoms with van der Waals surface area (Å²) in [6, 6.07) is 5.09. The van der Waals surface area contributed by atoms with Crippen molar-refractivity contribution >= 4 is 22.6 Å². The first-order valence-corrected chi connectivity index (χ1v) is 7.72. The van der Waals surface area contributed by atoms with E-state index in [0.717, 1.165) is 17.2 Å². The fraction of sp³-hybridized carbons (Fsp3) is 0.353. The van der Waals surface area contributed by atoms with Gasteiger partial charge in [0.25, 0.3) is 5.91 Å². The molecule has 2 atom stereocenters. The van der Waals surface area contributed by atoms with Crippen LogP contribution in [0.15, 0.2) is 24.4 Å². The topological polar surface area (TPSA) is 104 Å². The zero-order valence-corrected chi connectivity index (χ0v) is 13.5. The Hall–Kier alpha value is -2.83. The summed E-state index contributed by atoms with van der Waals surface area (Å²) in [7, 11) is 1.47. The number of nitrogens with one attached hydrogen (secondary N) is 1. The van der Waals surface area contributed by atoms with Crippen LogP contribution in [0.25, 0.3) is 10.8 Å². The zero-order valence-electron chi connectivity index (χ0n) is 13.5. The van der Waals surface area contributed by atoms with Gasteiger partial charge in [-0.05, 0) is 36.9 Å². The van der Waals surface area contributed by atoms with Gasteiger partial charge in [-0.1, -0.05) is 0 Å². The minimum atomic E-state index is -0.560. The molecule has 2 aromatic rings. The molecular weight excluding hydrogens is 310 g/mol. The van der Waals surface area contributed by atoms with Crippen molar-refractivity contribution in [2.24, 2.45) is 5.73 Å². The third kappa shape index (κ3) is 2.97. The molecule has 7 nitrogen and oxygen atoms in total. The summed E-state index contributed by atoms with van der Waals surface area (Å²) < 4.78 is 11.2. The van der Waals surface area contributed by atoms with Gasteiger partial charge in [0.05, 0.1) is 18.7 Å². The minimum absolute atomic E-state index is 0.0362. The molecule has 1 aliphatic rings. The lowest BCUT2D eigenvalue weighted by atomic mass is 10.1. The SMILES string of the molecule is COc1cc2c(O[C@@H](C)C3CCC(=O)N3)nccc2cc1C(N)=O. The first kappa shape index (κ1) is 16.0. The average molecular weight is 329 g/mol. The van der Waals surface area contributed by atoms with Gasteiger partial charge in [-0.25, -0.2) is 4.98 Å². The van der Waals surface area contributed by atoms with E-state index in [2.05, 4.69) is 10.3 Å². The second kappa shape index (κ2) is 6.35. The fourth-order valence-corrected chi connectivity index (χ4v) is 2.88. The van der Waals surface area contributed by atoms with Gasteiger partial charge < -0.3 is 20.5 Å². The molecular formula is C17H19N3O4. The standard InChI is InChI=1S/C17H19N3O4/c1-9(13-3-4-15(21)20-13)24-17-11-8-14(23-2)12(16(18)22)7-10(11)5-6-19-17/h5-9,13H,3-4H2,1-2H3,(H2,18,22)(H,20,21)/t9-,13?/m0/s1. The van der Waals surface area contributed by atoms with Crippen molar-refractivity contribution in [1.29, 1.82) is 0 Å². The Labute approximate surface area is 139 Å². The normalized spacial score (nSPS) is 18.2. The molecule has 2 amide bonds. The predicted octanol–water partition coefficient (Wildman–Crippen LogP) is 1.39. The monoisotopic (exact) mass is 329 g/mol. The number of nitrogens with two attached hydrogens (primary N) is 1. The van der Waals surface area contributed by atoms with Crippen molar-refractivity contribution in [3.8, 4) is 11.6 Å². The molecule has 0 aliphatic carbocycles. The smallest absolute Gasteiger partial charge is 0.252 e. The Kier molecular flexibility index (Phi) is 4.24. The molecule has 3 rings (SSSR count). The van der Waals surface area contributed by atoms with Gasteiger partial charge in [0.15, 0.2) is 0 Å². The summed E-state index contributed by atoms with van der Waals surface area (Å²) in [4.78, 5) is 27.2. The lowest BCUT2D eigenvalue weighted by Crippen LogP contribution is -2.38. The van der Waals surface area contributed by atoms with E-state index in [-0.39, 0.29) is 18.1 Å². The molecule has 7 heteroatoms. The average Bonchev–Trinajstić information content (AvgIpc) is 3.00. The van der Waals surface area contributed by atoms with Crippen LogP contribution in [0.1, 0.15) is 30.1 Å². The van der Waals surface area contributed by atoms with Gasteiger partial charge in [-0.15, -0.1) is 0 Å². The van der Waals surface area contributed by atoms with E-state index >= 15 is 0 Å². The van der Waals surface area contributed by atoms with Crippen LogP contribution in [0, 0.1) is 0 Å². The molecule has 0 saturated carbocycles. The molecule has 3 N–H and O–H groups in total. The summed E-state index contributed by atoms with van der Waals surface area (Å²) >= 11 is 0. The number of carbonyl (C=O) groups is 2. The summed E-state index contributed by atoms with van der Waals surface area (Å²) in [5, 5.41) is 4.38. The first-order chi connectivity index (χ1) is 11.5.